The third-order valence-electron chi connectivity index (χ3n) is 4.30. The highest BCUT2D eigenvalue weighted by molar-refractivity contribution is 9.10. The third-order valence-corrected chi connectivity index (χ3v) is 6.35. The number of hydrazone groups is 1. The Labute approximate surface area is 201 Å². The first-order valence-electron chi connectivity index (χ1n) is 9.60. The molecule has 5 nitrogen and oxygen atoms in total. The molecule has 0 amide bonds. The van der Waals surface area contributed by atoms with Crippen LogP contribution in [0.15, 0.2) is 74.7 Å². The van der Waals surface area contributed by atoms with E-state index in [9.17, 15) is 0 Å². The second kappa shape index (κ2) is 10.3. The van der Waals surface area contributed by atoms with Crippen molar-refractivity contribution in [3.05, 3.63) is 80.7 Å². The lowest BCUT2D eigenvalue weighted by atomic mass is 10.2. The summed E-state index contributed by atoms with van der Waals surface area (Å²) >= 11 is 8.62. The quantitative estimate of drug-likeness (QED) is 0.182. The van der Waals surface area contributed by atoms with Crippen molar-refractivity contribution in [1.29, 1.82) is 0 Å². The van der Waals surface area contributed by atoms with Crippen molar-refractivity contribution in [2.45, 2.75) is 13.5 Å². The maximum atomic E-state index is 6.05. The van der Waals surface area contributed by atoms with Crippen LogP contribution in [0.3, 0.4) is 0 Å². The number of thiazole rings is 1. The largest absolute Gasteiger partial charge is 0.490 e. The van der Waals surface area contributed by atoms with Crippen LogP contribution in [0, 0.1) is 0 Å². The number of fused-ring (bicyclic) bond motifs is 1. The fourth-order valence-electron chi connectivity index (χ4n) is 2.88. The third kappa shape index (κ3) is 5.64. The van der Waals surface area contributed by atoms with Gasteiger partial charge in [-0.25, -0.2) is 4.98 Å². The molecule has 0 aliphatic rings. The minimum absolute atomic E-state index is 0.443. The van der Waals surface area contributed by atoms with E-state index in [-0.39, 0.29) is 0 Å². The Hall–Kier alpha value is -2.42. The Balaban J connectivity index is 1.48. The minimum Gasteiger partial charge on any atom is -0.490 e. The van der Waals surface area contributed by atoms with E-state index in [1.165, 1.54) is 0 Å². The number of anilines is 1. The van der Waals surface area contributed by atoms with Crippen LogP contribution in [0.4, 0.5) is 5.13 Å². The lowest BCUT2D eigenvalue weighted by molar-refractivity contribution is 0.267. The zero-order valence-corrected chi connectivity index (χ0v) is 20.6. The molecule has 1 aromatic heterocycles. The number of rotatable bonds is 8. The highest BCUT2D eigenvalue weighted by atomic mass is 79.9. The van der Waals surface area contributed by atoms with Crippen molar-refractivity contribution in [2.24, 2.45) is 5.10 Å². The van der Waals surface area contributed by atoms with Crippen LogP contribution in [0.2, 0.25) is 0 Å². The summed E-state index contributed by atoms with van der Waals surface area (Å²) in [5.41, 5.74) is 5.91. The topological polar surface area (TPSA) is 55.7 Å². The number of nitrogens with one attached hydrogen (secondary N) is 1. The normalized spacial score (nSPS) is 11.2. The standard InChI is InChI=1S/C23H19Br2N3O2S/c1-2-29-20-12-16(13-26-28-23-27-19-5-3-4-6-21(19)31-23)11-18(25)22(20)30-14-15-7-9-17(24)10-8-15/h3-13H,2,14H2,1H3,(H,27,28)/b26-13+. The van der Waals surface area contributed by atoms with Gasteiger partial charge >= 0.3 is 0 Å². The molecule has 0 spiro atoms. The van der Waals surface area contributed by atoms with Gasteiger partial charge in [-0.3, -0.25) is 5.43 Å². The molecule has 0 unspecified atom stereocenters. The van der Waals surface area contributed by atoms with Gasteiger partial charge in [-0.1, -0.05) is 51.5 Å². The number of hydrogen-bond donors (Lipinski definition) is 1. The smallest absolute Gasteiger partial charge is 0.204 e. The minimum atomic E-state index is 0.443. The molecule has 0 fully saturated rings. The molecular formula is C23H19Br2N3O2S. The van der Waals surface area contributed by atoms with Gasteiger partial charge in [-0.2, -0.15) is 5.10 Å². The monoisotopic (exact) mass is 559 g/mol. The van der Waals surface area contributed by atoms with Gasteiger partial charge in [0, 0.05) is 4.47 Å². The van der Waals surface area contributed by atoms with Crippen LogP contribution in [-0.4, -0.2) is 17.8 Å². The molecule has 3 aromatic carbocycles. The molecule has 158 valence electrons. The van der Waals surface area contributed by atoms with E-state index in [2.05, 4.69) is 47.4 Å². The number of ether oxygens (including phenoxy) is 2. The van der Waals surface area contributed by atoms with E-state index < -0.39 is 0 Å². The fourth-order valence-corrected chi connectivity index (χ4v) is 4.54. The molecular weight excluding hydrogens is 542 g/mol. The Morgan fingerprint density at radius 1 is 1.06 bits per heavy atom. The van der Waals surface area contributed by atoms with Gasteiger partial charge in [-0.05, 0) is 70.4 Å². The molecule has 0 saturated carbocycles. The second-order valence-electron chi connectivity index (χ2n) is 6.53. The Kier molecular flexibility index (Phi) is 7.21. The Morgan fingerprint density at radius 2 is 1.87 bits per heavy atom. The Morgan fingerprint density at radius 3 is 2.65 bits per heavy atom. The van der Waals surface area contributed by atoms with Crippen LogP contribution in [0.1, 0.15) is 18.1 Å². The molecule has 0 radical (unpaired) electrons. The summed E-state index contributed by atoms with van der Waals surface area (Å²) in [6, 6.07) is 19.9. The van der Waals surface area contributed by atoms with E-state index in [1.807, 2.05) is 67.6 Å². The van der Waals surface area contributed by atoms with E-state index >= 15 is 0 Å². The SMILES string of the molecule is CCOc1cc(/C=N/Nc2nc3ccccc3s2)cc(Br)c1OCc1ccc(Br)cc1. The van der Waals surface area contributed by atoms with E-state index in [1.54, 1.807) is 17.6 Å². The van der Waals surface area contributed by atoms with Crippen molar-refractivity contribution in [3.63, 3.8) is 0 Å². The molecule has 8 heteroatoms. The first kappa shape index (κ1) is 21.8. The van der Waals surface area contributed by atoms with Crippen molar-refractivity contribution in [2.75, 3.05) is 12.0 Å². The average molecular weight is 561 g/mol. The first-order chi connectivity index (χ1) is 15.1. The number of aromatic nitrogens is 1. The molecule has 4 rings (SSSR count). The van der Waals surface area contributed by atoms with Crippen LogP contribution in [-0.2, 0) is 6.61 Å². The summed E-state index contributed by atoms with van der Waals surface area (Å²) < 4.78 is 14.8. The fraction of sp³-hybridized carbons (Fsp3) is 0.130. The maximum Gasteiger partial charge on any atom is 0.204 e. The Bertz CT molecular complexity index is 1180. The number of halogens is 2. The zero-order chi connectivity index (χ0) is 21.6. The van der Waals surface area contributed by atoms with Gasteiger partial charge < -0.3 is 9.47 Å². The first-order valence-corrected chi connectivity index (χ1v) is 12.0. The molecule has 0 atom stereocenters. The molecule has 1 heterocycles. The van der Waals surface area contributed by atoms with E-state index in [0.717, 1.165) is 35.4 Å². The van der Waals surface area contributed by atoms with Gasteiger partial charge in [0.05, 0.1) is 27.5 Å². The maximum absolute atomic E-state index is 6.05. The summed E-state index contributed by atoms with van der Waals surface area (Å²) in [5.74, 6) is 1.33. The second-order valence-corrected chi connectivity index (χ2v) is 9.34. The summed E-state index contributed by atoms with van der Waals surface area (Å²) in [4.78, 5) is 4.52. The van der Waals surface area contributed by atoms with E-state index in [4.69, 9.17) is 9.47 Å². The molecule has 0 saturated heterocycles. The predicted octanol–water partition coefficient (Wildman–Crippen LogP) is 7.25. The van der Waals surface area contributed by atoms with Crippen molar-refractivity contribution < 1.29 is 9.47 Å². The number of para-hydroxylation sites is 1. The molecule has 4 aromatic rings. The van der Waals surface area contributed by atoms with Gasteiger partial charge in [0.15, 0.2) is 11.5 Å². The molecule has 0 aliphatic heterocycles. The van der Waals surface area contributed by atoms with Crippen molar-refractivity contribution >= 4 is 64.8 Å². The zero-order valence-electron chi connectivity index (χ0n) is 16.6. The van der Waals surface area contributed by atoms with Crippen LogP contribution < -0.4 is 14.9 Å². The van der Waals surface area contributed by atoms with Crippen molar-refractivity contribution in [3.8, 4) is 11.5 Å². The van der Waals surface area contributed by atoms with Crippen LogP contribution >= 0.6 is 43.2 Å². The summed E-state index contributed by atoms with van der Waals surface area (Å²) in [7, 11) is 0. The number of benzene rings is 3. The summed E-state index contributed by atoms with van der Waals surface area (Å²) in [6.07, 6.45) is 1.73. The van der Waals surface area contributed by atoms with Crippen LogP contribution in [0.5, 0.6) is 11.5 Å². The number of hydrogen-bond acceptors (Lipinski definition) is 6. The van der Waals surface area contributed by atoms with Crippen molar-refractivity contribution in [1.82, 2.24) is 4.98 Å². The molecule has 0 bridgehead atoms. The molecule has 1 N–H and O–H groups in total. The molecule has 31 heavy (non-hydrogen) atoms. The highest BCUT2D eigenvalue weighted by Gasteiger charge is 2.12. The van der Waals surface area contributed by atoms with Gasteiger partial charge in [0.2, 0.25) is 5.13 Å². The van der Waals surface area contributed by atoms with Gasteiger partial charge in [-0.15, -0.1) is 0 Å². The van der Waals surface area contributed by atoms with Gasteiger partial charge in [0.1, 0.15) is 6.61 Å². The lowest BCUT2D eigenvalue weighted by Gasteiger charge is -2.14. The van der Waals surface area contributed by atoms with Crippen LogP contribution in [0.25, 0.3) is 10.2 Å². The number of nitrogens with zero attached hydrogens (tertiary/aromatic N) is 2. The highest BCUT2D eigenvalue weighted by Crippen LogP contribution is 2.37. The average Bonchev–Trinajstić information content (AvgIpc) is 3.17. The predicted molar refractivity (Wildman–Crippen MR) is 135 cm³/mol. The summed E-state index contributed by atoms with van der Waals surface area (Å²) in [5, 5.41) is 5.08. The summed E-state index contributed by atoms with van der Waals surface area (Å²) in [6.45, 7) is 2.92. The van der Waals surface area contributed by atoms with Gasteiger partial charge in [0.25, 0.3) is 0 Å². The molecule has 0 aliphatic carbocycles. The lowest BCUT2D eigenvalue weighted by Crippen LogP contribution is -2.01. The van der Waals surface area contributed by atoms with E-state index in [0.29, 0.717) is 24.7 Å².